The molecule has 0 N–H and O–H groups in total. The number of halogens is 1. The summed E-state index contributed by atoms with van der Waals surface area (Å²) in [7, 11) is 1.53. The van der Waals surface area contributed by atoms with Gasteiger partial charge in [0.25, 0.3) is 0 Å². The predicted molar refractivity (Wildman–Crippen MR) is 184 cm³/mol. The maximum atomic E-state index is 13.8. The van der Waals surface area contributed by atoms with Gasteiger partial charge in [-0.2, -0.15) is 0 Å². The van der Waals surface area contributed by atoms with Crippen LogP contribution in [0.25, 0.3) is 6.08 Å². The van der Waals surface area contributed by atoms with Crippen LogP contribution in [0.2, 0.25) is 0 Å². The molecule has 0 fully saturated rings. The van der Waals surface area contributed by atoms with Crippen molar-refractivity contribution >= 4 is 34.5 Å². The lowest BCUT2D eigenvalue weighted by Gasteiger charge is -2.19. The van der Waals surface area contributed by atoms with Gasteiger partial charge in [-0.05, 0) is 63.1 Å². The van der Waals surface area contributed by atoms with Crippen LogP contribution >= 0.6 is 22.6 Å². The van der Waals surface area contributed by atoms with Gasteiger partial charge in [0.15, 0.2) is 18.3 Å². The molecule has 0 atom stereocenters. The second-order valence-corrected chi connectivity index (χ2v) is 11.1. The molecule has 0 aliphatic carbocycles. The van der Waals surface area contributed by atoms with Crippen LogP contribution in [0.1, 0.15) is 32.6 Å². The molecule has 0 heterocycles. The molecule has 0 spiro atoms. The van der Waals surface area contributed by atoms with Crippen molar-refractivity contribution in [3.63, 3.8) is 0 Å². The molecule has 0 radical (unpaired) electrons. The Balaban J connectivity index is 1.41. The highest BCUT2D eigenvalue weighted by Gasteiger charge is 2.25. The maximum absolute atomic E-state index is 13.8. The van der Waals surface area contributed by atoms with Crippen LogP contribution in [0.3, 0.4) is 0 Å². The first-order valence-electron chi connectivity index (χ1n) is 14.4. The monoisotopic (exact) mass is 712 g/mol. The van der Waals surface area contributed by atoms with Crippen molar-refractivity contribution in [2.45, 2.75) is 19.8 Å². The smallest absolute Gasteiger partial charge is 0.193 e. The third-order valence-corrected chi connectivity index (χ3v) is 7.77. The Hall–Kier alpha value is -4.60. The van der Waals surface area contributed by atoms with E-state index < -0.39 is 0 Å². The summed E-state index contributed by atoms with van der Waals surface area (Å²) in [4.78, 5) is 13.8. The van der Waals surface area contributed by atoms with E-state index in [2.05, 4.69) is 22.6 Å². The summed E-state index contributed by atoms with van der Waals surface area (Å²) in [6.07, 6.45) is 3.28. The second-order valence-electron chi connectivity index (χ2n) is 10.0. The predicted octanol–water partition coefficient (Wildman–Crippen LogP) is 8.91. The summed E-state index contributed by atoms with van der Waals surface area (Å²) >= 11 is 2.17. The third-order valence-electron chi connectivity index (χ3n) is 6.75. The molecule has 0 unspecified atom stereocenters. The van der Waals surface area contributed by atoms with Gasteiger partial charge in [0.05, 0.1) is 3.57 Å². The molecule has 0 saturated heterocycles. The number of hydrogen-bond acceptors (Lipinski definition) is 6. The van der Waals surface area contributed by atoms with Gasteiger partial charge < -0.3 is 23.7 Å². The fourth-order valence-corrected chi connectivity index (χ4v) is 5.17. The van der Waals surface area contributed by atoms with Gasteiger partial charge in [-0.1, -0.05) is 109 Å². The summed E-state index contributed by atoms with van der Waals surface area (Å²) in [5.74, 6) is 1.70. The van der Waals surface area contributed by atoms with E-state index in [1.54, 1.807) is 12.1 Å². The first-order valence-corrected chi connectivity index (χ1v) is 15.5. The number of ketones is 1. The highest BCUT2D eigenvalue weighted by molar-refractivity contribution is 14.1. The van der Waals surface area contributed by atoms with E-state index in [-0.39, 0.29) is 19.2 Å². The number of allylic oxidation sites excluding steroid dienone is 1. The van der Waals surface area contributed by atoms with Gasteiger partial charge in [0.2, 0.25) is 0 Å². The SMILES string of the molecule is COCOc1cc(OCc2ccccc2)c(I)c(OCc2ccccc2)c1C(=O)/C=C/c1ccc(OCc2ccccc2)cc1. The lowest BCUT2D eigenvalue weighted by molar-refractivity contribution is 0.0498. The van der Waals surface area contributed by atoms with E-state index in [0.29, 0.717) is 39.6 Å². The fourth-order valence-electron chi connectivity index (χ4n) is 4.43. The minimum absolute atomic E-state index is 0.0503. The molecule has 0 aliphatic heterocycles. The average molecular weight is 713 g/mol. The molecule has 5 rings (SSSR count). The fraction of sp³-hybridized carbons (Fsp3) is 0.132. The Labute approximate surface area is 277 Å². The zero-order chi connectivity index (χ0) is 31.3. The number of benzene rings is 5. The number of methoxy groups -OCH3 is 1. The van der Waals surface area contributed by atoms with Crippen molar-refractivity contribution in [1.82, 2.24) is 0 Å². The molecular formula is C38H33IO6. The van der Waals surface area contributed by atoms with Gasteiger partial charge in [0.1, 0.15) is 42.6 Å². The summed E-state index contributed by atoms with van der Waals surface area (Å²) in [5, 5.41) is 0. The van der Waals surface area contributed by atoms with Crippen LogP contribution in [0.15, 0.2) is 127 Å². The van der Waals surface area contributed by atoms with Crippen LogP contribution in [0.5, 0.6) is 23.0 Å². The van der Waals surface area contributed by atoms with E-state index in [9.17, 15) is 4.79 Å². The third kappa shape index (κ3) is 9.20. The quantitative estimate of drug-likeness (QED) is 0.0468. The number of carbonyl (C=O) groups is 1. The summed E-state index contributed by atoms with van der Waals surface area (Å²) in [6.45, 7) is 1.04. The van der Waals surface area contributed by atoms with Crippen LogP contribution < -0.4 is 18.9 Å². The van der Waals surface area contributed by atoms with Crippen LogP contribution in [0.4, 0.5) is 0 Å². The molecule has 6 nitrogen and oxygen atoms in total. The number of ether oxygens (including phenoxy) is 5. The largest absolute Gasteiger partial charge is 0.489 e. The van der Waals surface area contributed by atoms with E-state index >= 15 is 0 Å². The van der Waals surface area contributed by atoms with Crippen molar-refractivity contribution in [1.29, 1.82) is 0 Å². The molecule has 0 bridgehead atoms. The minimum atomic E-state index is -0.277. The number of rotatable bonds is 15. The Morgan fingerprint density at radius 3 is 1.73 bits per heavy atom. The van der Waals surface area contributed by atoms with E-state index in [1.165, 1.54) is 13.2 Å². The van der Waals surface area contributed by atoms with Crippen LogP contribution in [0, 0.1) is 3.57 Å². The van der Waals surface area contributed by atoms with Gasteiger partial charge in [-0.15, -0.1) is 0 Å². The average Bonchev–Trinajstić information content (AvgIpc) is 3.09. The first-order chi connectivity index (χ1) is 22.1. The van der Waals surface area contributed by atoms with Crippen LogP contribution in [-0.2, 0) is 24.6 Å². The first kappa shape index (κ1) is 31.8. The molecule has 0 aliphatic rings. The topological polar surface area (TPSA) is 63.2 Å². The minimum Gasteiger partial charge on any atom is -0.489 e. The van der Waals surface area contributed by atoms with Crippen LogP contribution in [-0.4, -0.2) is 19.7 Å². The standard InChI is InChI=1S/C38H33IO6/c1-41-27-45-34-23-35(43-25-30-13-7-3-8-14-30)37(39)38(44-26-31-15-9-4-10-16-31)36(34)33(40)22-19-28-17-20-32(21-18-28)42-24-29-11-5-2-6-12-29/h2-23H,24-27H2,1H3/b22-19+. The summed E-state index contributed by atoms with van der Waals surface area (Å²) in [5.41, 5.74) is 4.21. The van der Waals surface area contributed by atoms with Gasteiger partial charge in [0, 0.05) is 13.2 Å². The van der Waals surface area contributed by atoms with Gasteiger partial charge >= 0.3 is 0 Å². The number of hydrogen-bond donors (Lipinski definition) is 0. The van der Waals surface area contributed by atoms with E-state index in [0.717, 1.165) is 28.0 Å². The number of carbonyl (C=O) groups excluding carboxylic acids is 1. The summed E-state index contributed by atoms with van der Waals surface area (Å²) in [6, 6.07) is 39.0. The second kappa shape index (κ2) is 16.5. The van der Waals surface area contributed by atoms with Crippen molar-refractivity contribution in [2.75, 3.05) is 13.9 Å². The Morgan fingerprint density at radius 1 is 0.644 bits per heavy atom. The van der Waals surface area contributed by atoms with Gasteiger partial charge in [-0.3, -0.25) is 4.79 Å². The zero-order valence-corrected chi connectivity index (χ0v) is 27.0. The molecule has 0 saturated carbocycles. The molecule has 5 aromatic carbocycles. The molecular weight excluding hydrogens is 679 g/mol. The lowest BCUT2D eigenvalue weighted by Crippen LogP contribution is -2.11. The van der Waals surface area contributed by atoms with E-state index in [1.807, 2.05) is 115 Å². The highest BCUT2D eigenvalue weighted by Crippen LogP contribution is 2.41. The molecule has 0 amide bonds. The van der Waals surface area contributed by atoms with E-state index in [4.69, 9.17) is 23.7 Å². The van der Waals surface area contributed by atoms with Crippen molar-refractivity contribution in [2.24, 2.45) is 0 Å². The Morgan fingerprint density at radius 2 is 1.18 bits per heavy atom. The maximum Gasteiger partial charge on any atom is 0.193 e. The highest BCUT2D eigenvalue weighted by atomic mass is 127. The van der Waals surface area contributed by atoms with Crippen molar-refractivity contribution < 1.29 is 28.5 Å². The molecule has 0 aromatic heterocycles. The Kier molecular flexibility index (Phi) is 11.6. The Bertz CT molecular complexity index is 1690. The van der Waals surface area contributed by atoms with Gasteiger partial charge in [-0.25, -0.2) is 0 Å². The van der Waals surface area contributed by atoms with Crippen molar-refractivity contribution in [3.05, 3.63) is 159 Å². The zero-order valence-electron chi connectivity index (χ0n) is 24.9. The lowest BCUT2D eigenvalue weighted by atomic mass is 10.1. The normalized spacial score (nSPS) is 10.9. The summed E-state index contributed by atoms with van der Waals surface area (Å²) < 4.78 is 30.2. The molecule has 45 heavy (non-hydrogen) atoms. The molecule has 5 aromatic rings. The molecule has 228 valence electrons. The van der Waals surface area contributed by atoms with Crippen molar-refractivity contribution in [3.8, 4) is 23.0 Å². The molecule has 7 heteroatoms.